The molecule has 13 heavy (non-hydrogen) atoms. The summed E-state index contributed by atoms with van der Waals surface area (Å²) in [6.45, 7) is 4.22. The normalized spacial score (nSPS) is 6.77. The van der Waals surface area contributed by atoms with Crippen LogP contribution in [0.5, 0.6) is 0 Å². The Kier molecular flexibility index (Phi) is 32.0. The maximum Gasteiger partial charge on any atom is 2.00 e. The second kappa shape index (κ2) is 22.6. The summed E-state index contributed by atoms with van der Waals surface area (Å²) >= 11 is 0. The molecule has 0 saturated heterocycles. The van der Waals surface area contributed by atoms with Crippen LogP contribution in [-0.4, -0.2) is 0 Å². The molecule has 0 nitrogen and oxygen atoms in total. The smallest absolute Gasteiger partial charge is 0.694 e. The monoisotopic (exact) mass is 225 g/mol. The molecule has 1 radical (unpaired) electrons. The van der Waals surface area contributed by atoms with E-state index in [-0.39, 0.29) is 17.1 Å². The first-order valence-corrected chi connectivity index (χ1v) is 4.62. The van der Waals surface area contributed by atoms with E-state index >= 15 is 0 Å². The minimum atomic E-state index is 0. The van der Waals surface area contributed by atoms with E-state index in [2.05, 4.69) is 25.7 Å². The molecule has 1 heteroatoms. The third-order valence-corrected chi connectivity index (χ3v) is 1.31. The first-order valence-electron chi connectivity index (χ1n) is 4.62. The number of hydrogen-bond acceptors (Lipinski definition) is 0. The molecule has 0 aliphatic rings. The molecule has 0 atom stereocenters. The molecule has 0 saturated carbocycles. The van der Waals surface area contributed by atoms with Crippen molar-refractivity contribution >= 4 is 0 Å². The minimum Gasteiger partial charge on any atom is -0.694 e. The van der Waals surface area contributed by atoms with Crippen molar-refractivity contribution < 1.29 is 17.1 Å². The summed E-state index contributed by atoms with van der Waals surface area (Å²) in [7, 11) is 0. The van der Waals surface area contributed by atoms with Gasteiger partial charge in [-0.2, -0.15) is 0 Å². The third kappa shape index (κ3) is 34.0. The minimum absolute atomic E-state index is 0. The summed E-state index contributed by atoms with van der Waals surface area (Å²) < 4.78 is 0. The molecule has 0 aromatic carbocycles. The summed E-state index contributed by atoms with van der Waals surface area (Å²) in [5.41, 5.74) is 0. The molecular weight excluding hydrogens is 208 g/mol. The van der Waals surface area contributed by atoms with Gasteiger partial charge in [0.25, 0.3) is 0 Å². The average molecular weight is 226 g/mol. The van der Waals surface area contributed by atoms with Crippen LogP contribution in [0.15, 0.2) is 0 Å². The van der Waals surface area contributed by atoms with Gasteiger partial charge in [-0.05, 0) is 25.7 Å². The SMILES string of the molecule is [C-]#CCCCC.[C-]#CCCCC.[Cu+2]. The fourth-order valence-corrected chi connectivity index (χ4v) is 0.530. The van der Waals surface area contributed by atoms with Crippen molar-refractivity contribution in [3.05, 3.63) is 12.8 Å². The second-order valence-electron chi connectivity index (χ2n) is 2.56. The van der Waals surface area contributed by atoms with Gasteiger partial charge in [-0.25, -0.2) is 0 Å². The van der Waals surface area contributed by atoms with E-state index in [4.69, 9.17) is 12.8 Å². The van der Waals surface area contributed by atoms with Crippen LogP contribution in [0.3, 0.4) is 0 Å². The third-order valence-electron chi connectivity index (χ3n) is 1.31. The molecule has 0 N–H and O–H groups in total. The zero-order valence-corrected chi connectivity index (χ0v) is 9.49. The maximum absolute atomic E-state index is 6.46. The molecule has 0 unspecified atom stereocenters. The van der Waals surface area contributed by atoms with Crippen molar-refractivity contribution in [1.29, 1.82) is 0 Å². The van der Waals surface area contributed by atoms with Crippen LogP contribution in [0, 0.1) is 24.7 Å². The zero-order chi connectivity index (χ0) is 9.66. The number of hydrogen-bond donors (Lipinski definition) is 0. The van der Waals surface area contributed by atoms with Crippen LogP contribution in [-0.2, 0) is 17.1 Å². The molecule has 0 aromatic rings. The van der Waals surface area contributed by atoms with Gasteiger partial charge < -0.3 is 24.7 Å². The molecule has 0 rings (SSSR count). The van der Waals surface area contributed by atoms with Gasteiger partial charge in [-0.15, -0.1) is 0 Å². The summed E-state index contributed by atoms with van der Waals surface area (Å²) in [6, 6.07) is 0. The first kappa shape index (κ1) is 18.4. The molecule has 0 spiro atoms. The topological polar surface area (TPSA) is 0 Å². The summed E-state index contributed by atoms with van der Waals surface area (Å²) in [5, 5.41) is 0. The second-order valence-corrected chi connectivity index (χ2v) is 2.56. The predicted octanol–water partition coefficient (Wildman–Crippen LogP) is 3.53. The summed E-state index contributed by atoms with van der Waals surface area (Å²) in [4.78, 5) is 0. The van der Waals surface area contributed by atoms with Gasteiger partial charge in [0, 0.05) is 0 Å². The van der Waals surface area contributed by atoms with Gasteiger partial charge in [-0.3, -0.25) is 0 Å². The van der Waals surface area contributed by atoms with Crippen LogP contribution in [0.4, 0.5) is 0 Å². The Hall–Kier alpha value is -0.361. The van der Waals surface area contributed by atoms with Crippen molar-refractivity contribution in [2.45, 2.75) is 52.4 Å². The van der Waals surface area contributed by atoms with Crippen molar-refractivity contribution in [3.8, 4) is 11.8 Å². The Morgan fingerprint density at radius 3 is 1.23 bits per heavy atom. The van der Waals surface area contributed by atoms with Crippen LogP contribution >= 0.6 is 0 Å². The van der Waals surface area contributed by atoms with Crippen molar-refractivity contribution in [3.63, 3.8) is 0 Å². The van der Waals surface area contributed by atoms with E-state index in [1.165, 1.54) is 12.8 Å². The Labute approximate surface area is 94.4 Å². The molecule has 0 fully saturated rings. The van der Waals surface area contributed by atoms with Gasteiger partial charge in [0.05, 0.1) is 0 Å². The van der Waals surface area contributed by atoms with Crippen LogP contribution < -0.4 is 0 Å². The van der Waals surface area contributed by atoms with E-state index in [1.54, 1.807) is 0 Å². The predicted molar refractivity (Wildman–Crippen MR) is 53.3 cm³/mol. The van der Waals surface area contributed by atoms with Crippen LogP contribution in [0.2, 0.25) is 0 Å². The molecule has 0 aliphatic heterocycles. The fourth-order valence-electron chi connectivity index (χ4n) is 0.530. The standard InChI is InChI=1S/2C6H9.Cu/c2*1-3-5-6-4-2;/h2*3,5-6H2,1H3;/q2*-1;+2. The fraction of sp³-hybridized carbons (Fsp3) is 0.667. The summed E-state index contributed by atoms with van der Waals surface area (Å²) in [5.74, 6) is 4.64. The van der Waals surface area contributed by atoms with Crippen molar-refractivity contribution in [1.82, 2.24) is 0 Å². The number of rotatable bonds is 4. The Morgan fingerprint density at radius 1 is 0.846 bits per heavy atom. The zero-order valence-electron chi connectivity index (χ0n) is 8.54. The maximum atomic E-state index is 6.46. The van der Waals surface area contributed by atoms with Crippen LogP contribution in [0.25, 0.3) is 0 Å². The van der Waals surface area contributed by atoms with E-state index in [0.29, 0.717) is 0 Å². The molecular formula is C12H18Cu. The molecule has 0 bridgehead atoms. The van der Waals surface area contributed by atoms with Gasteiger partial charge in [0.15, 0.2) is 0 Å². The average Bonchev–Trinajstić information content (AvgIpc) is 2.12. The summed E-state index contributed by atoms with van der Waals surface area (Å²) in [6.07, 6.45) is 19.1. The molecule has 0 aliphatic carbocycles. The van der Waals surface area contributed by atoms with Gasteiger partial charge in [0.2, 0.25) is 0 Å². The van der Waals surface area contributed by atoms with E-state index in [9.17, 15) is 0 Å². The van der Waals surface area contributed by atoms with Gasteiger partial charge in [-0.1, -0.05) is 26.7 Å². The van der Waals surface area contributed by atoms with E-state index < -0.39 is 0 Å². The quantitative estimate of drug-likeness (QED) is 0.297. The van der Waals surface area contributed by atoms with Crippen molar-refractivity contribution in [2.24, 2.45) is 0 Å². The molecule has 0 amide bonds. The Bertz CT molecular complexity index is 118. The van der Waals surface area contributed by atoms with Gasteiger partial charge >= 0.3 is 17.1 Å². The molecule has 77 valence electrons. The molecule has 0 heterocycles. The Balaban J connectivity index is -0.000000143. The van der Waals surface area contributed by atoms with E-state index in [0.717, 1.165) is 25.7 Å². The van der Waals surface area contributed by atoms with Crippen LogP contribution in [0.1, 0.15) is 52.4 Å². The van der Waals surface area contributed by atoms with E-state index in [1.807, 2.05) is 0 Å². The first-order chi connectivity index (χ1) is 5.83. The van der Waals surface area contributed by atoms with Crippen molar-refractivity contribution in [2.75, 3.05) is 0 Å². The molecule has 0 aromatic heterocycles. The largest absolute Gasteiger partial charge is 2.00 e. The van der Waals surface area contributed by atoms with Gasteiger partial charge in [0.1, 0.15) is 0 Å². The number of unbranched alkanes of at least 4 members (excludes halogenated alkanes) is 4. The Morgan fingerprint density at radius 2 is 1.15 bits per heavy atom.